The zero-order chi connectivity index (χ0) is 12.3. The van der Waals surface area contributed by atoms with Gasteiger partial charge in [-0.15, -0.1) is 0 Å². The number of hydrogen-bond donors (Lipinski definition) is 2. The minimum Gasteiger partial charge on any atom is -0.475 e. The van der Waals surface area contributed by atoms with Crippen LogP contribution in [0.5, 0.6) is 0 Å². The number of hydrogen-bond acceptors (Lipinski definition) is 3. The second-order valence-electron chi connectivity index (χ2n) is 4.50. The average molecular weight is 225 g/mol. The molecule has 2 N–H and O–H groups in total. The number of nitrogens with one attached hydrogen (secondary N) is 1. The summed E-state index contributed by atoms with van der Waals surface area (Å²) in [5.41, 5.74) is -0.470. The Balaban J connectivity index is 2.55. The molecule has 0 atom stereocenters. The normalized spacial score (nSPS) is 11.2. The number of furan rings is 1. The zero-order valence-electron chi connectivity index (χ0n) is 9.53. The van der Waals surface area contributed by atoms with Crippen LogP contribution >= 0.6 is 0 Å². The Labute approximate surface area is 93.4 Å². The lowest BCUT2D eigenvalue weighted by molar-refractivity contribution is -0.128. The third kappa shape index (κ3) is 3.12. The number of aromatic carboxylic acids is 1. The summed E-state index contributed by atoms with van der Waals surface area (Å²) in [6, 6.07) is 2.90. The highest BCUT2D eigenvalue weighted by atomic mass is 16.4. The van der Waals surface area contributed by atoms with Crippen LogP contribution < -0.4 is 5.32 Å². The molecular formula is C11H15NO4. The first-order valence-corrected chi connectivity index (χ1v) is 4.91. The highest BCUT2D eigenvalue weighted by Gasteiger charge is 2.21. The fraction of sp³-hybridized carbons (Fsp3) is 0.455. The molecule has 1 aromatic heterocycles. The van der Waals surface area contributed by atoms with Crippen molar-refractivity contribution in [2.75, 3.05) is 0 Å². The molecule has 0 unspecified atom stereocenters. The Bertz CT molecular complexity index is 400. The second kappa shape index (κ2) is 4.38. The minimum atomic E-state index is -1.12. The van der Waals surface area contributed by atoms with Gasteiger partial charge >= 0.3 is 5.97 Å². The molecule has 0 aliphatic carbocycles. The fourth-order valence-corrected chi connectivity index (χ4v) is 1.02. The van der Waals surface area contributed by atoms with Crippen LogP contribution in [-0.4, -0.2) is 17.0 Å². The highest BCUT2D eigenvalue weighted by Crippen LogP contribution is 2.13. The van der Waals surface area contributed by atoms with E-state index >= 15 is 0 Å². The average Bonchev–Trinajstić information content (AvgIpc) is 2.60. The molecule has 88 valence electrons. The minimum absolute atomic E-state index is 0.110. The number of carboxylic acid groups (broad SMARTS) is 1. The van der Waals surface area contributed by atoms with E-state index in [0.29, 0.717) is 5.76 Å². The highest BCUT2D eigenvalue weighted by molar-refractivity contribution is 5.84. The molecular weight excluding hydrogens is 210 g/mol. The van der Waals surface area contributed by atoms with Crippen molar-refractivity contribution in [2.45, 2.75) is 27.3 Å². The largest absolute Gasteiger partial charge is 0.475 e. The van der Waals surface area contributed by atoms with Crippen molar-refractivity contribution in [3.63, 3.8) is 0 Å². The Kier molecular flexibility index (Phi) is 3.37. The van der Waals surface area contributed by atoms with Gasteiger partial charge in [-0.05, 0) is 12.1 Å². The van der Waals surface area contributed by atoms with Crippen LogP contribution in [0.15, 0.2) is 16.5 Å². The molecule has 5 nitrogen and oxygen atoms in total. The van der Waals surface area contributed by atoms with E-state index in [1.54, 1.807) is 20.8 Å². The maximum absolute atomic E-state index is 11.5. The summed E-state index contributed by atoms with van der Waals surface area (Å²) in [7, 11) is 0. The van der Waals surface area contributed by atoms with Crippen molar-refractivity contribution in [3.05, 3.63) is 23.7 Å². The molecule has 0 fully saturated rings. The summed E-state index contributed by atoms with van der Waals surface area (Å²) >= 11 is 0. The molecule has 0 spiro atoms. The van der Waals surface area contributed by atoms with Crippen LogP contribution in [0.3, 0.4) is 0 Å². The molecule has 1 heterocycles. The van der Waals surface area contributed by atoms with Gasteiger partial charge in [0.2, 0.25) is 11.7 Å². The van der Waals surface area contributed by atoms with Crippen molar-refractivity contribution in [1.29, 1.82) is 0 Å². The maximum Gasteiger partial charge on any atom is 0.371 e. The summed E-state index contributed by atoms with van der Waals surface area (Å²) in [5, 5.41) is 11.3. The molecule has 0 aliphatic rings. The first-order valence-electron chi connectivity index (χ1n) is 4.91. The summed E-state index contributed by atoms with van der Waals surface area (Å²) in [6.45, 7) is 5.59. The second-order valence-corrected chi connectivity index (χ2v) is 4.50. The molecule has 16 heavy (non-hydrogen) atoms. The topological polar surface area (TPSA) is 79.5 Å². The summed E-state index contributed by atoms with van der Waals surface area (Å²) in [6.07, 6.45) is 0. The van der Waals surface area contributed by atoms with Gasteiger partial charge in [-0.25, -0.2) is 4.79 Å². The lowest BCUT2D eigenvalue weighted by Crippen LogP contribution is -2.34. The molecule has 0 saturated carbocycles. The van der Waals surface area contributed by atoms with Gasteiger partial charge in [0.15, 0.2) is 0 Å². The van der Waals surface area contributed by atoms with Crippen LogP contribution in [0.1, 0.15) is 37.1 Å². The zero-order valence-corrected chi connectivity index (χ0v) is 9.53. The van der Waals surface area contributed by atoms with Crippen LogP contribution in [-0.2, 0) is 11.3 Å². The van der Waals surface area contributed by atoms with Crippen molar-refractivity contribution < 1.29 is 19.1 Å². The van der Waals surface area contributed by atoms with Gasteiger partial charge < -0.3 is 14.8 Å². The van der Waals surface area contributed by atoms with E-state index in [2.05, 4.69) is 5.32 Å². The quantitative estimate of drug-likeness (QED) is 0.819. The van der Waals surface area contributed by atoms with E-state index < -0.39 is 11.4 Å². The van der Waals surface area contributed by atoms with Gasteiger partial charge in [0, 0.05) is 5.41 Å². The summed E-state index contributed by atoms with van der Waals surface area (Å²) in [4.78, 5) is 22.0. The van der Waals surface area contributed by atoms with Crippen molar-refractivity contribution in [1.82, 2.24) is 5.32 Å². The third-order valence-corrected chi connectivity index (χ3v) is 1.98. The van der Waals surface area contributed by atoms with Crippen LogP contribution in [0.2, 0.25) is 0 Å². The number of carboxylic acids is 1. The Hall–Kier alpha value is -1.78. The van der Waals surface area contributed by atoms with Gasteiger partial charge in [-0.1, -0.05) is 20.8 Å². The fourth-order valence-electron chi connectivity index (χ4n) is 1.02. The molecule has 1 amide bonds. The third-order valence-electron chi connectivity index (χ3n) is 1.98. The number of carbonyl (C=O) groups excluding carboxylic acids is 1. The smallest absolute Gasteiger partial charge is 0.371 e. The Morgan fingerprint density at radius 2 is 2.00 bits per heavy atom. The first-order chi connectivity index (χ1) is 7.30. The van der Waals surface area contributed by atoms with Gasteiger partial charge in [0.1, 0.15) is 5.76 Å². The Morgan fingerprint density at radius 1 is 1.38 bits per heavy atom. The van der Waals surface area contributed by atoms with E-state index in [9.17, 15) is 9.59 Å². The van der Waals surface area contributed by atoms with E-state index in [4.69, 9.17) is 9.52 Å². The van der Waals surface area contributed by atoms with Crippen LogP contribution in [0.25, 0.3) is 0 Å². The summed E-state index contributed by atoms with van der Waals surface area (Å²) < 4.78 is 4.99. The van der Waals surface area contributed by atoms with Gasteiger partial charge in [0.25, 0.3) is 0 Å². The monoisotopic (exact) mass is 225 g/mol. The number of rotatable bonds is 3. The SMILES string of the molecule is CC(C)(C)C(=O)NCc1ccc(C(=O)O)o1. The van der Waals surface area contributed by atoms with Crippen molar-refractivity contribution >= 4 is 11.9 Å². The van der Waals surface area contributed by atoms with Gasteiger partial charge in [-0.3, -0.25) is 4.79 Å². The molecule has 0 aliphatic heterocycles. The van der Waals surface area contributed by atoms with E-state index in [0.717, 1.165) is 0 Å². The van der Waals surface area contributed by atoms with Crippen LogP contribution in [0.4, 0.5) is 0 Å². The first kappa shape index (κ1) is 12.3. The molecule has 0 saturated heterocycles. The van der Waals surface area contributed by atoms with Gasteiger partial charge in [-0.2, -0.15) is 0 Å². The molecule has 0 radical (unpaired) electrons. The van der Waals surface area contributed by atoms with E-state index in [-0.39, 0.29) is 18.2 Å². The van der Waals surface area contributed by atoms with Gasteiger partial charge in [0.05, 0.1) is 6.54 Å². The molecule has 5 heteroatoms. The molecule has 1 rings (SSSR count). The molecule has 0 aromatic carbocycles. The number of carbonyl (C=O) groups is 2. The summed E-state index contributed by atoms with van der Waals surface area (Å²) in [5.74, 6) is -0.927. The number of amides is 1. The van der Waals surface area contributed by atoms with Crippen LogP contribution in [0, 0.1) is 5.41 Å². The predicted octanol–water partition coefficient (Wildman–Crippen LogP) is 1.64. The Morgan fingerprint density at radius 3 is 2.44 bits per heavy atom. The molecule has 0 bridgehead atoms. The van der Waals surface area contributed by atoms with Crippen molar-refractivity contribution in [2.24, 2.45) is 5.41 Å². The predicted molar refractivity (Wildman–Crippen MR) is 57.0 cm³/mol. The molecule has 1 aromatic rings. The maximum atomic E-state index is 11.5. The standard InChI is InChI=1S/C11H15NO4/c1-11(2,3)10(15)12-6-7-4-5-8(16-7)9(13)14/h4-5H,6H2,1-3H3,(H,12,15)(H,13,14). The lowest BCUT2D eigenvalue weighted by Gasteiger charge is -2.16. The van der Waals surface area contributed by atoms with Crippen molar-refractivity contribution in [3.8, 4) is 0 Å². The van der Waals surface area contributed by atoms with E-state index in [1.807, 2.05) is 0 Å². The van der Waals surface area contributed by atoms with E-state index in [1.165, 1.54) is 12.1 Å². The lowest BCUT2D eigenvalue weighted by atomic mass is 9.96.